The van der Waals surface area contributed by atoms with Crippen molar-refractivity contribution >= 4 is 17.7 Å². The minimum Gasteiger partial charge on any atom is -0.322 e. The van der Waals surface area contributed by atoms with Crippen molar-refractivity contribution in [3.05, 3.63) is 29.8 Å². The number of thioether (sulfide) groups is 1. The number of carbonyl (C=O) groups is 1. The van der Waals surface area contributed by atoms with E-state index in [2.05, 4.69) is 49.7 Å². The van der Waals surface area contributed by atoms with Crippen LogP contribution in [-0.2, 0) is 4.79 Å². The molecule has 1 N–H and O–H groups in total. The van der Waals surface area contributed by atoms with E-state index in [0.29, 0.717) is 5.92 Å². The number of rotatable bonds is 4. The van der Waals surface area contributed by atoms with Crippen LogP contribution < -0.4 is 5.32 Å². The Balaban J connectivity index is 2.24. The summed E-state index contributed by atoms with van der Waals surface area (Å²) in [6.07, 6.45) is 2.08. The van der Waals surface area contributed by atoms with Crippen molar-refractivity contribution in [2.75, 3.05) is 12.8 Å². The number of nitrogens with zero attached hydrogens (tertiary/aromatic N) is 1. The third-order valence-electron chi connectivity index (χ3n) is 3.64. The lowest BCUT2D eigenvalue weighted by Gasteiger charge is -2.23. The Morgan fingerprint density at radius 1 is 1.32 bits per heavy atom. The van der Waals surface area contributed by atoms with Crippen LogP contribution in [0.25, 0.3) is 0 Å². The molecule has 0 bridgehead atoms. The van der Waals surface area contributed by atoms with Gasteiger partial charge in [0.1, 0.15) is 6.17 Å². The van der Waals surface area contributed by atoms with E-state index in [1.807, 2.05) is 11.8 Å². The second kappa shape index (κ2) is 5.97. The number of nitrogens with one attached hydrogen (secondary N) is 1. The minimum atomic E-state index is -0.0647. The van der Waals surface area contributed by atoms with Crippen LogP contribution in [0.2, 0.25) is 0 Å². The predicted octanol–water partition coefficient (Wildman–Crippen LogP) is 2.88. The van der Waals surface area contributed by atoms with Gasteiger partial charge in [-0.05, 0) is 36.8 Å². The molecule has 3 nitrogen and oxygen atoms in total. The van der Waals surface area contributed by atoms with Gasteiger partial charge in [0.15, 0.2) is 0 Å². The smallest absolute Gasteiger partial charge is 0.241 e. The summed E-state index contributed by atoms with van der Waals surface area (Å²) in [6, 6.07) is 8.39. The maximum atomic E-state index is 12.3. The van der Waals surface area contributed by atoms with E-state index in [0.717, 1.165) is 12.1 Å². The number of hydrogen-bond acceptors (Lipinski definition) is 3. The van der Waals surface area contributed by atoms with E-state index < -0.39 is 0 Å². The second-order valence-electron chi connectivity index (χ2n) is 5.19. The van der Waals surface area contributed by atoms with Crippen LogP contribution in [0.4, 0.5) is 0 Å². The van der Waals surface area contributed by atoms with E-state index in [1.54, 1.807) is 11.8 Å². The zero-order valence-corrected chi connectivity index (χ0v) is 12.8. The van der Waals surface area contributed by atoms with Gasteiger partial charge in [0, 0.05) is 11.4 Å². The molecule has 1 aliphatic heterocycles. The molecule has 0 aromatic heterocycles. The molecule has 0 aliphatic carbocycles. The van der Waals surface area contributed by atoms with Gasteiger partial charge in [-0.25, -0.2) is 0 Å². The van der Waals surface area contributed by atoms with Gasteiger partial charge >= 0.3 is 0 Å². The SMILES string of the molecule is CCN1C(=O)C(C(C)C)NC1c1ccc(SC)cc1. The van der Waals surface area contributed by atoms with Gasteiger partial charge in [-0.2, -0.15) is 0 Å². The van der Waals surface area contributed by atoms with Crippen molar-refractivity contribution in [3.63, 3.8) is 0 Å². The zero-order valence-electron chi connectivity index (χ0n) is 12.0. The highest BCUT2D eigenvalue weighted by Crippen LogP contribution is 2.28. The fourth-order valence-electron chi connectivity index (χ4n) is 2.52. The molecule has 104 valence electrons. The Morgan fingerprint density at radius 3 is 2.42 bits per heavy atom. The Labute approximate surface area is 119 Å². The first-order valence-electron chi connectivity index (χ1n) is 6.79. The van der Waals surface area contributed by atoms with Gasteiger partial charge in [0.05, 0.1) is 6.04 Å². The third kappa shape index (κ3) is 2.79. The average molecular weight is 278 g/mol. The molecule has 19 heavy (non-hydrogen) atoms. The summed E-state index contributed by atoms with van der Waals surface area (Å²) in [7, 11) is 0. The summed E-state index contributed by atoms with van der Waals surface area (Å²) < 4.78 is 0. The topological polar surface area (TPSA) is 32.3 Å². The first-order chi connectivity index (χ1) is 9.08. The third-order valence-corrected chi connectivity index (χ3v) is 4.38. The lowest BCUT2D eigenvalue weighted by atomic mass is 10.1. The van der Waals surface area contributed by atoms with Crippen molar-refractivity contribution in [1.82, 2.24) is 10.2 Å². The molecule has 1 aliphatic rings. The fourth-order valence-corrected chi connectivity index (χ4v) is 2.92. The molecule has 2 atom stereocenters. The maximum Gasteiger partial charge on any atom is 0.241 e. The van der Waals surface area contributed by atoms with Crippen molar-refractivity contribution in [2.45, 2.75) is 37.9 Å². The van der Waals surface area contributed by atoms with Crippen LogP contribution in [0.3, 0.4) is 0 Å². The van der Waals surface area contributed by atoms with Gasteiger partial charge in [0.2, 0.25) is 5.91 Å². The highest BCUT2D eigenvalue weighted by molar-refractivity contribution is 7.98. The predicted molar refractivity (Wildman–Crippen MR) is 80.1 cm³/mol. The molecular weight excluding hydrogens is 256 g/mol. The van der Waals surface area contributed by atoms with Crippen LogP contribution in [0.1, 0.15) is 32.5 Å². The highest BCUT2D eigenvalue weighted by atomic mass is 32.2. The second-order valence-corrected chi connectivity index (χ2v) is 6.07. The molecule has 0 saturated carbocycles. The summed E-state index contributed by atoms with van der Waals surface area (Å²) in [5.74, 6) is 0.536. The average Bonchev–Trinajstić information content (AvgIpc) is 2.76. The molecule has 2 rings (SSSR count). The van der Waals surface area contributed by atoms with Gasteiger partial charge < -0.3 is 4.90 Å². The summed E-state index contributed by atoms with van der Waals surface area (Å²) in [5.41, 5.74) is 1.16. The molecule has 4 heteroatoms. The molecule has 0 radical (unpaired) electrons. The summed E-state index contributed by atoms with van der Waals surface area (Å²) >= 11 is 1.73. The van der Waals surface area contributed by atoms with E-state index in [9.17, 15) is 4.79 Å². The number of benzene rings is 1. The molecule has 1 saturated heterocycles. The van der Waals surface area contributed by atoms with Crippen molar-refractivity contribution in [2.24, 2.45) is 5.92 Å². The standard InChI is InChI=1S/C15H22N2OS/c1-5-17-14(16-13(10(2)3)15(17)18)11-6-8-12(19-4)9-7-11/h6-10,13-14,16H,5H2,1-4H3. The highest BCUT2D eigenvalue weighted by Gasteiger charge is 2.39. The van der Waals surface area contributed by atoms with Gasteiger partial charge in [0.25, 0.3) is 0 Å². The van der Waals surface area contributed by atoms with E-state index in [-0.39, 0.29) is 18.1 Å². The molecule has 2 unspecified atom stereocenters. The number of amides is 1. The van der Waals surface area contributed by atoms with Crippen LogP contribution in [-0.4, -0.2) is 29.6 Å². The Morgan fingerprint density at radius 2 is 1.95 bits per heavy atom. The Hall–Kier alpha value is -1.00. The van der Waals surface area contributed by atoms with Gasteiger partial charge in [-0.1, -0.05) is 26.0 Å². The van der Waals surface area contributed by atoms with Crippen molar-refractivity contribution < 1.29 is 4.79 Å². The van der Waals surface area contributed by atoms with E-state index >= 15 is 0 Å². The molecule has 1 fully saturated rings. The van der Waals surface area contributed by atoms with Crippen LogP contribution >= 0.6 is 11.8 Å². The molecule has 1 aromatic carbocycles. The van der Waals surface area contributed by atoms with Crippen LogP contribution in [0, 0.1) is 5.92 Å². The first kappa shape index (κ1) is 14.4. The fraction of sp³-hybridized carbons (Fsp3) is 0.533. The minimum absolute atomic E-state index is 0.0146. The normalized spacial score (nSPS) is 23.4. The molecule has 1 heterocycles. The molecule has 0 spiro atoms. The van der Waals surface area contributed by atoms with Crippen LogP contribution in [0.15, 0.2) is 29.2 Å². The van der Waals surface area contributed by atoms with E-state index in [4.69, 9.17) is 0 Å². The molecule has 1 amide bonds. The van der Waals surface area contributed by atoms with E-state index in [1.165, 1.54) is 4.90 Å². The number of likely N-dealkylation sites (N-methyl/N-ethyl adjacent to an activating group) is 1. The monoisotopic (exact) mass is 278 g/mol. The molecular formula is C15H22N2OS. The Bertz CT molecular complexity index is 444. The Kier molecular flexibility index (Phi) is 4.53. The summed E-state index contributed by atoms with van der Waals surface area (Å²) in [4.78, 5) is 15.5. The first-order valence-corrected chi connectivity index (χ1v) is 8.01. The number of carbonyl (C=O) groups excluding carboxylic acids is 1. The quantitative estimate of drug-likeness (QED) is 0.860. The number of hydrogen-bond donors (Lipinski definition) is 1. The lowest BCUT2D eigenvalue weighted by Crippen LogP contribution is -2.34. The zero-order chi connectivity index (χ0) is 14.0. The summed E-state index contributed by atoms with van der Waals surface area (Å²) in [6.45, 7) is 6.95. The lowest BCUT2D eigenvalue weighted by molar-refractivity contribution is -0.130. The summed E-state index contributed by atoms with van der Waals surface area (Å²) in [5, 5.41) is 3.46. The maximum absolute atomic E-state index is 12.3. The largest absolute Gasteiger partial charge is 0.322 e. The van der Waals surface area contributed by atoms with Gasteiger partial charge in [-0.15, -0.1) is 11.8 Å². The van der Waals surface area contributed by atoms with Crippen LogP contribution in [0.5, 0.6) is 0 Å². The van der Waals surface area contributed by atoms with Gasteiger partial charge in [-0.3, -0.25) is 10.1 Å². The van der Waals surface area contributed by atoms with Crippen molar-refractivity contribution in [1.29, 1.82) is 0 Å². The molecule has 1 aromatic rings. The van der Waals surface area contributed by atoms with Crippen molar-refractivity contribution in [3.8, 4) is 0 Å².